The van der Waals surface area contributed by atoms with Gasteiger partial charge in [-0.15, -0.1) is 11.6 Å². The van der Waals surface area contributed by atoms with Crippen LogP contribution in [0, 0.1) is 16.7 Å². The molecule has 0 N–H and O–H groups in total. The average molecular weight is 260 g/mol. The number of rotatable bonds is 3. The Bertz CT molecular complexity index is 647. The van der Waals surface area contributed by atoms with Gasteiger partial charge in [0.2, 0.25) is 0 Å². The lowest BCUT2D eigenvalue weighted by atomic mass is 10.1. The summed E-state index contributed by atoms with van der Waals surface area (Å²) in [5, 5.41) is 9.12. The topological polar surface area (TPSA) is 41.6 Å². The van der Waals surface area contributed by atoms with Crippen LogP contribution in [-0.2, 0) is 12.4 Å². The number of hydrogen-bond acceptors (Lipinski definition) is 2. The third-order valence-corrected chi connectivity index (χ3v) is 3.98. The van der Waals surface area contributed by atoms with Gasteiger partial charge in [0.1, 0.15) is 17.4 Å². The lowest BCUT2D eigenvalue weighted by molar-refractivity contribution is 0.465. The first kappa shape index (κ1) is 11.6. The zero-order valence-electron chi connectivity index (χ0n) is 10.3. The van der Waals surface area contributed by atoms with Gasteiger partial charge in [0, 0.05) is 6.54 Å². The number of halogens is 1. The van der Waals surface area contributed by atoms with Crippen LogP contribution in [0.4, 0.5) is 0 Å². The van der Waals surface area contributed by atoms with Crippen molar-refractivity contribution in [2.24, 2.45) is 5.41 Å². The standard InChI is InChI=1S/C14H14ClN3/c1-14(5-6-14)9-18-11-4-2-3-10(8-16)13(11)17-12(18)7-15/h2-4H,5-7,9H2,1H3. The molecule has 1 aliphatic rings. The van der Waals surface area contributed by atoms with Crippen molar-refractivity contribution < 1.29 is 0 Å². The van der Waals surface area contributed by atoms with Gasteiger partial charge in [-0.3, -0.25) is 0 Å². The molecular formula is C14H14ClN3. The van der Waals surface area contributed by atoms with Gasteiger partial charge in [-0.2, -0.15) is 5.26 Å². The Morgan fingerprint density at radius 1 is 1.50 bits per heavy atom. The molecule has 1 aliphatic carbocycles. The number of benzene rings is 1. The molecule has 0 bridgehead atoms. The zero-order valence-corrected chi connectivity index (χ0v) is 11.0. The molecule has 1 aromatic carbocycles. The molecule has 4 heteroatoms. The van der Waals surface area contributed by atoms with Crippen LogP contribution >= 0.6 is 11.6 Å². The Labute approximate surface area is 111 Å². The highest BCUT2D eigenvalue weighted by atomic mass is 35.5. The SMILES string of the molecule is CC1(Cn2c(CCl)nc3c(C#N)cccc32)CC1. The second kappa shape index (κ2) is 4.00. The van der Waals surface area contributed by atoms with Gasteiger partial charge in [-0.05, 0) is 30.4 Å². The second-order valence-corrected chi connectivity index (χ2v) is 5.61. The zero-order chi connectivity index (χ0) is 12.8. The summed E-state index contributed by atoms with van der Waals surface area (Å²) >= 11 is 5.98. The molecule has 0 saturated heterocycles. The fraction of sp³-hybridized carbons (Fsp3) is 0.429. The Morgan fingerprint density at radius 2 is 2.28 bits per heavy atom. The number of aromatic nitrogens is 2. The van der Waals surface area contributed by atoms with Crippen molar-refractivity contribution in [3.05, 3.63) is 29.6 Å². The molecule has 1 heterocycles. The summed E-state index contributed by atoms with van der Waals surface area (Å²) in [7, 11) is 0. The van der Waals surface area contributed by atoms with E-state index in [0.717, 1.165) is 23.4 Å². The minimum atomic E-state index is 0.385. The number of fused-ring (bicyclic) bond motifs is 1. The first-order valence-corrected chi connectivity index (χ1v) is 6.64. The van der Waals surface area contributed by atoms with E-state index in [1.165, 1.54) is 12.8 Å². The van der Waals surface area contributed by atoms with Gasteiger partial charge in [-0.1, -0.05) is 13.0 Å². The number of nitrogens with zero attached hydrogens (tertiary/aromatic N) is 3. The van der Waals surface area contributed by atoms with Crippen LogP contribution in [0.1, 0.15) is 31.2 Å². The molecule has 0 spiro atoms. The number of imidazole rings is 1. The largest absolute Gasteiger partial charge is 0.326 e. The quantitative estimate of drug-likeness (QED) is 0.793. The van der Waals surface area contributed by atoms with Crippen LogP contribution in [0.25, 0.3) is 11.0 Å². The molecule has 18 heavy (non-hydrogen) atoms. The van der Waals surface area contributed by atoms with Gasteiger partial charge in [0.15, 0.2) is 0 Å². The lowest BCUT2D eigenvalue weighted by Gasteiger charge is -2.12. The number of hydrogen-bond donors (Lipinski definition) is 0. The fourth-order valence-electron chi connectivity index (χ4n) is 2.32. The van der Waals surface area contributed by atoms with E-state index in [1.54, 1.807) is 6.07 Å². The Balaban J connectivity index is 2.19. The molecule has 0 aliphatic heterocycles. The highest BCUT2D eigenvalue weighted by molar-refractivity contribution is 6.16. The number of alkyl halides is 1. The first-order chi connectivity index (χ1) is 8.67. The summed E-state index contributed by atoms with van der Waals surface area (Å²) in [5.41, 5.74) is 2.81. The van der Waals surface area contributed by atoms with Gasteiger partial charge < -0.3 is 4.57 Å². The average Bonchev–Trinajstić information content (AvgIpc) is 3.00. The summed E-state index contributed by atoms with van der Waals surface area (Å²) in [5.74, 6) is 1.25. The molecule has 3 rings (SSSR count). The molecule has 0 atom stereocenters. The van der Waals surface area contributed by atoms with Gasteiger partial charge >= 0.3 is 0 Å². The van der Waals surface area contributed by atoms with Crippen molar-refractivity contribution in [1.29, 1.82) is 5.26 Å². The summed E-state index contributed by atoms with van der Waals surface area (Å²) in [6, 6.07) is 7.92. The van der Waals surface area contributed by atoms with Gasteiger partial charge in [-0.25, -0.2) is 4.98 Å². The first-order valence-electron chi connectivity index (χ1n) is 6.11. The predicted octanol–water partition coefficient (Wildman–Crippen LogP) is 3.45. The van der Waals surface area contributed by atoms with E-state index < -0.39 is 0 Å². The van der Waals surface area contributed by atoms with E-state index in [1.807, 2.05) is 12.1 Å². The molecular weight excluding hydrogens is 246 g/mol. The van der Waals surface area contributed by atoms with Crippen molar-refractivity contribution in [2.45, 2.75) is 32.2 Å². The summed E-state index contributed by atoms with van der Waals surface area (Å²) in [6.07, 6.45) is 2.51. The van der Waals surface area contributed by atoms with Gasteiger partial charge in [0.05, 0.1) is 17.0 Å². The molecule has 1 fully saturated rings. The molecule has 92 valence electrons. The normalized spacial score (nSPS) is 16.7. The lowest BCUT2D eigenvalue weighted by Crippen LogP contribution is -2.10. The van der Waals surface area contributed by atoms with E-state index in [2.05, 4.69) is 22.5 Å². The third kappa shape index (κ3) is 1.77. The van der Waals surface area contributed by atoms with E-state index >= 15 is 0 Å². The number of nitriles is 1. The highest BCUT2D eigenvalue weighted by Gasteiger charge is 2.38. The predicted molar refractivity (Wildman–Crippen MR) is 71.3 cm³/mol. The molecule has 1 saturated carbocycles. The van der Waals surface area contributed by atoms with Crippen LogP contribution in [-0.4, -0.2) is 9.55 Å². The minimum absolute atomic E-state index is 0.385. The summed E-state index contributed by atoms with van der Waals surface area (Å²) in [6.45, 7) is 3.23. The van der Waals surface area contributed by atoms with Crippen LogP contribution in [0.15, 0.2) is 18.2 Å². The van der Waals surface area contributed by atoms with Crippen molar-refractivity contribution in [3.63, 3.8) is 0 Å². The molecule has 2 aromatic rings. The Hall–Kier alpha value is -1.53. The van der Waals surface area contributed by atoms with Gasteiger partial charge in [0.25, 0.3) is 0 Å². The third-order valence-electron chi connectivity index (χ3n) is 3.74. The Kier molecular flexibility index (Phi) is 2.57. The van der Waals surface area contributed by atoms with Crippen molar-refractivity contribution >= 4 is 22.6 Å². The van der Waals surface area contributed by atoms with Crippen LogP contribution < -0.4 is 0 Å². The van der Waals surface area contributed by atoms with Crippen LogP contribution in [0.3, 0.4) is 0 Å². The molecule has 0 radical (unpaired) electrons. The van der Waals surface area contributed by atoms with Crippen LogP contribution in [0.5, 0.6) is 0 Å². The summed E-state index contributed by atoms with van der Waals surface area (Å²) < 4.78 is 2.18. The fourth-order valence-corrected chi connectivity index (χ4v) is 2.52. The van der Waals surface area contributed by atoms with E-state index in [-0.39, 0.29) is 0 Å². The maximum absolute atomic E-state index is 9.12. The summed E-state index contributed by atoms with van der Waals surface area (Å²) in [4.78, 5) is 4.52. The maximum atomic E-state index is 9.12. The molecule has 3 nitrogen and oxygen atoms in total. The van der Waals surface area contributed by atoms with E-state index in [4.69, 9.17) is 16.9 Å². The second-order valence-electron chi connectivity index (χ2n) is 5.34. The van der Waals surface area contributed by atoms with Crippen molar-refractivity contribution in [2.75, 3.05) is 0 Å². The van der Waals surface area contributed by atoms with E-state index in [0.29, 0.717) is 16.9 Å². The molecule has 0 amide bonds. The monoisotopic (exact) mass is 259 g/mol. The Morgan fingerprint density at radius 3 is 2.89 bits per heavy atom. The molecule has 1 aromatic heterocycles. The molecule has 0 unspecified atom stereocenters. The van der Waals surface area contributed by atoms with Crippen LogP contribution in [0.2, 0.25) is 0 Å². The van der Waals surface area contributed by atoms with Crippen molar-refractivity contribution in [1.82, 2.24) is 9.55 Å². The highest BCUT2D eigenvalue weighted by Crippen LogP contribution is 2.47. The van der Waals surface area contributed by atoms with Crippen molar-refractivity contribution in [3.8, 4) is 6.07 Å². The smallest absolute Gasteiger partial charge is 0.124 e. The van der Waals surface area contributed by atoms with E-state index in [9.17, 15) is 0 Å². The number of para-hydroxylation sites is 1. The maximum Gasteiger partial charge on any atom is 0.124 e. The minimum Gasteiger partial charge on any atom is -0.326 e.